The quantitative estimate of drug-likeness (QED) is 0.704. The van der Waals surface area contributed by atoms with Gasteiger partial charge < -0.3 is 4.43 Å². The highest BCUT2D eigenvalue weighted by atomic mass is 28.4. The van der Waals surface area contributed by atoms with Gasteiger partial charge in [0.15, 0.2) is 14.1 Å². The first-order valence-electron chi connectivity index (χ1n) is 7.36. The van der Waals surface area contributed by atoms with Gasteiger partial charge in [0.25, 0.3) is 0 Å². The van der Waals surface area contributed by atoms with Crippen molar-refractivity contribution in [3.63, 3.8) is 0 Å². The summed E-state index contributed by atoms with van der Waals surface area (Å²) in [5, 5.41) is 0.213. The molecule has 2 nitrogen and oxygen atoms in total. The zero-order valence-corrected chi connectivity index (χ0v) is 14.5. The largest absolute Gasteiger partial charge is 0.410 e. The average Bonchev–Trinajstić information content (AvgIpc) is 2.61. The summed E-state index contributed by atoms with van der Waals surface area (Å²) in [7, 11) is -1.79. The first-order valence-corrected chi connectivity index (χ1v) is 10.3. The number of fused-ring (bicyclic) bond motifs is 1. The lowest BCUT2D eigenvalue weighted by molar-refractivity contribution is -0.114. The van der Waals surface area contributed by atoms with Gasteiger partial charge in [0.05, 0.1) is 6.10 Å². The number of carbonyl (C=O) groups is 1. The molecule has 0 N–H and O–H groups in total. The lowest BCUT2D eigenvalue weighted by Crippen LogP contribution is -2.46. The van der Waals surface area contributed by atoms with Crippen molar-refractivity contribution >= 4 is 14.1 Å². The van der Waals surface area contributed by atoms with Crippen molar-refractivity contribution in [1.29, 1.82) is 0 Å². The van der Waals surface area contributed by atoms with E-state index in [-0.39, 0.29) is 16.6 Å². The van der Waals surface area contributed by atoms with Crippen LogP contribution in [0.1, 0.15) is 47.5 Å². The van der Waals surface area contributed by atoms with Crippen molar-refractivity contribution < 1.29 is 9.22 Å². The van der Waals surface area contributed by atoms with Gasteiger partial charge in [0.1, 0.15) is 0 Å². The molecule has 0 saturated heterocycles. The number of allylic oxidation sites excluding steroid dienone is 1. The van der Waals surface area contributed by atoms with Gasteiger partial charge in [0, 0.05) is 6.42 Å². The van der Waals surface area contributed by atoms with Gasteiger partial charge in [-0.25, -0.2) is 0 Å². The smallest absolute Gasteiger partial charge is 0.192 e. The second-order valence-corrected chi connectivity index (χ2v) is 13.2. The Labute approximate surface area is 118 Å². The number of hydrogen-bond donors (Lipinski definition) is 0. The molecule has 2 aliphatic carbocycles. The van der Waals surface area contributed by atoms with Gasteiger partial charge in [-0.1, -0.05) is 34.6 Å². The molecule has 1 saturated carbocycles. The van der Waals surface area contributed by atoms with E-state index in [2.05, 4.69) is 47.7 Å². The second kappa shape index (κ2) is 4.29. The molecule has 108 valence electrons. The first kappa shape index (κ1) is 15.0. The lowest BCUT2D eigenvalue weighted by atomic mass is 9.87. The minimum Gasteiger partial charge on any atom is -0.410 e. The third-order valence-electron chi connectivity index (χ3n) is 5.25. The van der Waals surface area contributed by atoms with E-state index >= 15 is 0 Å². The number of ketones is 1. The molecule has 2 atom stereocenters. The Balaban J connectivity index is 2.28. The molecular weight excluding hydrogens is 252 g/mol. The van der Waals surface area contributed by atoms with Crippen molar-refractivity contribution in [3.05, 3.63) is 11.6 Å². The van der Waals surface area contributed by atoms with E-state index in [0.29, 0.717) is 18.1 Å². The van der Waals surface area contributed by atoms with E-state index in [4.69, 9.17) is 4.43 Å². The molecule has 0 bridgehead atoms. The van der Waals surface area contributed by atoms with Crippen LogP contribution in [0, 0.1) is 11.3 Å². The Morgan fingerprint density at radius 2 is 1.89 bits per heavy atom. The molecule has 1 fully saturated rings. The second-order valence-electron chi connectivity index (χ2n) is 8.46. The summed E-state index contributed by atoms with van der Waals surface area (Å²) in [5.41, 5.74) is 1.44. The van der Waals surface area contributed by atoms with Crippen LogP contribution < -0.4 is 0 Å². The average molecular weight is 280 g/mol. The predicted octanol–water partition coefficient (Wildman–Crippen LogP) is 4.32. The van der Waals surface area contributed by atoms with Crippen LogP contribution in [0.3, 0.4) is 0 Å². The molecule has 2 aliphatic rings. The summed E-state index contributed by atoms with van der Waals surface area (Å²) < 4.78 is 6.66. The predicted molar refractivity (Wildman–Crippen MR) is 81.7 cm³/mol. The van der Waals surface area contributed by atoms with Crippen LogP contribution >= 0.6 is 0 Å². The van der Waals surface area contributed by atoms with Crippen LogP contribution in [0.15, 0.2) is 11.6 Å². The molecule has 2 rings (SSSR count). The molecule has 0 heterocycles. The third kappa shape index (κ3) is 2.59. The molecule has 0 amide bonds. The normalized spacial score (nSPS) is 30.5. The van der Waals surface area contributed by atoms with E-state index < -0.39 is 8.32 Å². The SMILES string of the molecule is CC1(C)CC2CC(=O)C=C2[C@H]1O[Si](C)(C)C(C)(C)C. The van der Waals surface area contributed by atoms with Crippen LogP contribution in [0.4, 0.5) is 0 Å². The van der Waals surface area contributed by atoms with E-state index in [1.807, 2.05) is 6.08 Å². The minimum atomic E-state index is -1.79. The molecule has 3 heteroatoms. The van der Waals surface area contributed by atoms with Crippen LogP contribution in [-0.2, 0) is 9.22 Å². The fourth-order valence-corrected chi connectivity index (χ4v) is 4.49. The molecular formula is C16H28O2Si. The van der Waals surface area contributed by atoms with Crippen molar-refractivity contribution in [2.75, 3.05) is 0 Å². The minimum absolute atomic E-state index is 0.143. The highest BCUT2D eigenvalue weighted by Gasteiger charge is 2.51. The molecule has 0 aromatic rings. The Kier molecular flexibility index (Phi) is 3.38. The summed E-state index contributed by atoms with van der Waals surface area (Å²) in [6.07, 6.45) is 3.81. The van der Waals surface area contributed by atoms with Gasteiger partial charge in [0.2, 0.25) is 0 Å². The van der Waals surface area contributed by atoms with E-state index in [1.165, 1.54) is 5.57 Å². The molecule has 19 heavy (non-hydrogen) atoms. The number of hydrogen-bond acceptors (Lipinski definition) is 2. The van der Waals surface area contributed by atoms with Crippen LogP contribution in [0.2, 0.25) is 18.1 Å². The van der Waals surface area contributed by atoms with Gasteiger partial charge in [-0.15, -0.1) is 0 Å². The van der Waals surface area contributed by atoms with Gasteiger partial charge in [-0.05, 0) is 47.5 Å². The summed E-state index contributed by atoms with van der Waals surface area (Å²) >= 11 is 0. The lowest BCUT2D eigenvalue weighted by Gasteiger charge is -2.42. The molecule has 0 aromatic heterocycles. The Hall–Kier alpha value is -0.413. The number of carbonyl (C=O) groups excluding carboxylic acids is 1. The van der Waals surface area contributed by atoms with Gasteiger partial charge >= 0.3 is 0 Å². The maximum atomic E-state index is 11.7. The summed E-state index contributed by atoms with van der Waals surface area (Å²) in [6.45, 7) is 16.0. The molecule has 0 aliphatic heterocycles. The zero-order chi connectivity index (χ0) is 14.6. The Morgan fingerprint density at radius 1 is 1.32 bits per heavy atom. The van der Waals surface area contributed by atoms with Crippen molar-refractivity contribution in [2.24, 2.45) is 11.3 Å². The molecule has 0 aromatic carbocycles. The van der Waals surface area contributed by atoms with E-state index in [9.17, 15) is 4.79 Å². The summed E-state index contributed by atoms with van der Waals surface area (Å²) in [4.78, 5) is 11.7. The summed E-state index contributed by atoms with van der Waals surface area (Å²) in [5.74, 6) is 0.733. The fourth-order valence-electron chi connectivity index (χ4n) is 3.10. The molecule has 1 unspecified atom stereocenters. The van der Waals surface area contributed by atoms with Gasteiger partial charge in [-0.3, -0.25) is 4.79 Å². The van der Waals surface area contributed by atoms with Crippen LogP contribution in [-0.4, -0.2) is 20.2 Å². The number of rotatable bonds is 2. The highest BCUT2D eigenvalue weighted by Crippen LogP contribution is 2.52. The van der Waals surface area contributed by atoms with Crippen molar-refractivity contribution in [2.45, 2.75) is 71.7 Å². The highest BCUT2D eigenvalue weighted by molar-refractivity contribution is 6.74. The topological polar surface area (TPSA) is 26.3 Å². The van der Waals surface area contributed by atoms with E-state index in [0.717, 1.165) is 6.42 Å². The van der Waals surface area contributed by atoms with Crippen molar-refractivity contribution in [1.82, 2.24) is 0 Å². The molecule has 0 spiro atoms. The monoisotopic (exact) mass is 280 g/mol. The Bertz CT molecular complexity index is 427. The standard InChI is InChI=1S/C16H28O2Si/c1-15(2,3)19(6,7)18-14-13-9-12(17)8-11(13)10-16(14,4)5/h9,11,14H,8,10H2,1-7H3/t11?,14-/m1/s1. The molecule has 0 radical (unpaired) electrons. The fraction of sp³-hybridized carbons (Fsp3) is 0.812. The van der Waals surface area contributed by atoms with Crippen LogP contribution in [0.25, 0.3) is 0 Å². The van der Waals surface area contributed by atoms with Crippen molar-refractivity contribution in [3.8, 4) is 0 Å². The maximum Gasteiger partial charge on any atom is 0.192 e. The zero-order valence-electron chi connectivity index (χ0n) is 13.5. The Morgan fingerprint density at radius 3 is 2.42 bits per heavy atom. The van der Waals surface area contributed by atoms with Crippen LogP contribution in [0.5, 0.6) is 0 Å². The third-order valence-corrected chi connectivity index (χ3v) is 9.69. The maximum absolute atomic E-state index is 11.7. The first-order chi connectivity index (χ1) is 8.44. The van der Waals surface area contributed by atoms with Gasteiger partial charge in [-0.2, -0.15) is 0 Å². The summed E-state index contributed by atoms with van der Waals surface area (Å²) in [6, 6.07) is 0. The van der Waals surface area contributed by atoms with E-state index in [1.54, 1.807) is 0 Å².